The first-order valence-corrected chi connectivity index (χ1v) is 11.9. The van der Waals surface area contributed by atoms with Gasteiger partial charge in [-0.05, 0) is 47.7 Å². The molecule has 2 N–H and O–H groups in total. The molecule has 172 valence electrons. The van der Waals surface area contributed by atoms with Crippen LogP contribution in [0.2, 0.25) is 0 Å². The van der Waals surface area contributed by atoms with Crippen molar-refractivity contribution in [2.45, 2.75) is 42.7 Å². The number of carbonyl (C=O) groups excluding carboxylic acids is 1. The zero-order valence-corrected chi connectivity index (χ0v) is 19.7. The summed E-state index contributed by atoms with van der Waals surface area (Å²) in [5, 5.41) is 19.5. The van der Waals surface area contributed by atoms with E-state index in [1.807, 2.05) is 42.5 Å². The number of nitro groups is 1. The number of para-hydroxylation sites is 2. The molecule has 0 saturated carbocycles. The van der Waals surface area contributed by atoms with Crippen LogP contribution in [0.25, 0.3) is 0 Å². The summed E-state index contributed by atoms with van der Waals surface area (Å²) in [6.45, 7) is 4.18. The molecule has 0 spiro atoms. The van der Waals surface area contributed by atoms with E-state index in [-0.39, 0.29) is 16.9 Å². The fourth-order valence-corrected chi connectivity index (χ4v) is 5.53. The topological polar surface area (TPSA) is 97.2 Å². The van der Waals surface area contributed by atoms with Crippen LogP contribution in [0.1, 0.15) is 38.3 Å². The summed E-state index contributed by atoms with van der Waals surface area (Å²) in [5.74, 6) is 0.0457. The standard InChI is InChI=1S/C26H24N4O3S/c1-26(2)14-20-24(21(31)15-26)25(29-19-8-4-3-7-18(19)28-20)17-13-16(30(32)33)10-11-22(17)34-23-9-5-6-12-27-23/h3-13,25,28-29H,14-15H2,1-2H3/t25-/m0/s1. The Hall–Kier alpha value is -3.65. The monoisotopic (exact) mass is 472 g/mol. The molecule has 0 amide bonds. The largest absolute Gasteiger partial charge is 0.372 e. The average Bonchev–Trinajstić information content (AvgIpc) is 2.95. The molecule has 0 radical (unpaired) electrons. The molecule has 0 bridgehead atoms. The quantitative estimate of drug-likeness (QED) is 0.337. The van der Waals surface area contributed by atoms with Crippen LogP contribution in [-0.2, 0) is 4.79 Å². The maximum atomic E-state index is 13.5. The highest BCUT2D eigenvalue weighted by molar-refractivity contribution is 7.99. The number of hydrogen-bond acceptors (Lipinski definition) is 7. The smallest absolute Gasteiger partial charge is 0.269 e. The van der Waals surface area contributed by atoms with Crippen LogP contribution in [-0.4, -0.2) is 15.7 Å². The lowest BCUT2D eigenvalue weighted by Gasteiger charge is -2.34. The second kappa shape index (κ2) is 8.61. The number of hydrogen-bond donors (Lipinski definition) is 2. The fourth-order valence-electron chi connectivity index (χ4n) is 4.61. The van der Waals surface area contributed by atoms with Crippen LogP contribution in [0.4, 0.5) is 17.1 Å². The maximum absolute atomic E-state index is 13.5. The number of benzene rings is 2. The van der Waals surface area contributed by atoms with Gasteiger partial charge in [0.05, 0.1) is 22.3 Å². The van der Waals surface area contributed by atoms with Gasteiger partial charge >= 0.3 is 0 Å². The van der Waals surface area contributed by atoms with Crippen molar-refractivity contribution in [2.75, 3.05) is 10.6 Å². The van der Waals surface area contributed by atoms with Crippen molar-refractivity contribution in [2.24, 2.45) is 5.41 Å². The van der Waals surface area contributed by atoms with Crippen molar-refractivity contribution in [1.82, 2.24) is 4.98 Å². The molecular weight excluding hydrogens is 448 g/mol. The molecule has 7 nitrogen and oxygen atoms in total. The SMILES string of the molecule is CC1(C)CC(=O)C2=C(C1)Nc1ccccc1N[C@H]2c1cc([N+](=O)[O-])ccc1Sc1ccccn1. The summed E-state index contributed by atoms with van der Waals surface area (Å²) in [4.78, 5) is 30.0. The van der Waals surface area contributed by atoms with E-state index in [0.29, 0.717) is 24.0 Å². The molecule has 5 rings (SSSR count). The Morgan fingerprint density at radius 1 is 1.06 bits per heavy atom. The minimum Gasteiger partial charge on any atom is -0.372 e. The number of non-ortho nitro benzene ring substituents is 1. The number of anilines is 2. The van der Waals surface area contributed by atoms with E-state index >= 15 is 0 Å². The molecule has 0 fully saturated rings. The van der Waals surface area contributed by atoms with Gasteiger partial charge in [-0.3, -0.25) is 14.9 Å². The number of ketones is 1. The number of pyridine rings is 1. The van der Waals surface area contributed by atoms with Gasteiger partial charge in [-0.1, -0.05) is 43.8 Å². The number of nitro benzene ring substituents is 1. The van der Waals surface area contributed by atoms with Crippen molar-refractivity contribution in [3.05, 3.63) is 93.8 Å². The van der Waals surface area contributed by atoms with Gasteiger partial charge in [-0.2, -0.15) is 0 Å². The van der Waals surface area contributed by atoms with E-state index in [1.165, 1.54) is 17.8 Å². The summed E-state index contributed by atoms with van der Waals surface area (Å²) in [6, 6.07) is 17.7. The van der Waals surface area contributed by atoms with Gasteiger partial charge in [0.15, 0.2) is 5.78 Å². The molecule has 2 heterocycles. The highest BCUT2D eigenvalue weighted by atomic mass is 32.2. The lowest BCUT2D eigenvalue weighted by molar-refractivity contribution is -0.385. The Kier molecular flexibility index (Phi) is 5.61. The van der Waals surface area contributed by atoms with E-state index in [0.717, 1.165) is 27.0 Å². The normalized spacial score (nSPS) is 18.8. The Morgan fingerprint density at radius 2 is 1.82 bits per heavy atom. The Bertz CT molecular complexity index is 1320. The van der Waals surface area contributed by atoms with E-state index in [2.05, 4.69) is 29.5 Å². The average molecular weight is 473 g/mol. The van der Waals surface area contributed by atoms with Crippen molar-refractivity contribution in [3.8, 4) is 0 Å². The second-order valence-electron chi connectivity index (χ2n) is 9.33. The lowest BCUT2D eigenvalue weighted by Crippen LogP contribution is -2.31. The molecule has 8 heteroatoms. The summed E-state index contributed by atoms with van der Waals surface area (Å²) in [5.41, 5.74) is 3.71. The van der Waals surface area contributed by atoms with Crippen LogP contribution in [0.5, 0.6) is 0 Å². The lowest BCUT2D eigenvalue weighted by atomic mass is 9.73. The molecule has 2 aliphatic rings. The van der Waals surface area contributed by atoms with Crippen molar-refractivity contribution in [3.63, 3.8) is 0 Å². The fraction of sp³-hybridized carbons (Fsp3) is 0.231. The number of carbonyl (C=O) groups is 1. The Morgan fingerprint density at radius 3 is 2.56 bits per heavy atom. The maximum Gasteiger partial charge on any atom is 0.269 e. The van der Waals surface area contributed by atoms with E-state index in [9.17, 15) is 14.9 Å². The first kappa shape index (κ1) is 22.2. The van der Waals surface area contributed by atoms with Gasteiger partial charge in [0.1, 0.15) is 5.03 Å². The summed E-state index contributed by atoms with van der Waals surface area (Å²) < 4.78 is 0. The number of nitrogens with one attached hydrogen (secondary N) is 2. The van der Waals surface area contributed by atoms with Gasteiger partial charge < -0.3 is 10.6 Å². The summed E-state index contributed by atoms with van der Waals surface area (Å²) >= 11 is 1.43. The second-order valence-corrected chi connectivity index (χ2v) is 10.4. The summed E-state index contributed by atoms with van der Waals surface area (Å²) in [6.07, 6.45) is 2.84. The van der Waals surface area contributed by atoms with Gasteiger partial charge in [-0.25, -0.2) is 4.98 Å². The third-order valence-corrected chi connectivity index (χ3v) is 7.13. The third-order valence-electron chi connectivity index (χ3n) is 6.09. The van der Waals surface area contributed by atoms with Crippen molar-refractivity contribution < 1.29 is 9.72 Å². The minimum absolute atomic E-state index is 0.0154. The molecular formula is C26H24N4O3S. The van der Waals surface area contributed by atoms with Gasteiger partial charge in [0.25, 0.3) is 5.69 Å². The first-order valence-electron chi connectivity index (χ1n) is 11.1. The van der Waals surface area contributed by atoms with Crippen LogP contribution in [0.15, 0.2) is 88.1 Å². The molecule has 34 heavy (non-hydrogen) atoms. The van der Waals surface area contributed by atoms with Gasteiger partial charge in [-0.15, -0.1) is 0 Å². The number of aromatic nitrogens is 1. The van der Waals surface area contributed by atoms with Crippen molar-refractivity contribution >= 4 is 34.6 Å². The third kappa shape index (κ3) is 4.28. The molecule has 0 saturated heterocycles. The van der Waals surface area contributed by atoms with Gasteiger partial charge in [0, 0.05) is 40.9 Å². The molecule has 3 aromatic rings. The summed E-state index contributed by atoms with van der Waals surface area (Å²) in [7, 11) is 0. The molecule has 0 unspecified atom stereocenters. The molecule has 1 aliphatic heterocycles. The van der Waals surface area contributed by atoms with E-state index in [1.54, 1.807) is 18.3 Å². The first-order chi connectivity index (χ1) is 16.3. The zero-order chi connectivity index (χ0) is 23.9. The Labute approximate surface area is 201 Å². The predicted octanol–water partition coefficient (Wildman–Crippen LogP) is 6.36. The van der Waals surface area contributed by atoms with Crippen LogP contribution >= 0.6 is 11.8 Å². The van der Waals surface area contributed by atoms with E-state index in [4.69, 9.17) is 0 Å². The van der Waals surface area contributed by atoms with Gasteiger partial charge in [0.2, 0.25) is 0 Å². The number of nitrogens with zero attached hydrogens (tertiary/aromatic N) is 2. The minimum atomic E-state index is -0.541. The van der Waals surface area contributed by atoms with Crippen molar-refractivity contribution in [1.29, 1.82) is 0 Å². The number of Topliss-reactive ketones (excluding diaryl/α,β-unsaturated/α-hetero) is 1. The Balaban J connectivity index is 1.70. The molecule has 1 atom stereocenters. The molecule has 1 aliphatic carbocycles. The molecule has 1 aromatic heterocycles. The highest BCUT2D eigenvalue weighted by Gasteiger charge is 2.39. The highest BCUT2D eigenvalue weighted by Crippen LogP contribution is 2.47. The predicted molar refractivity (Wildman–Crippen MR) is 133 cm³/mol. The van der Waals surface area contributed by atoms with Crippen LogP contribution < -0.4 is 10.6 Å². The van der Waals surface area contributed by atoms with Crippen LogP contribution in [0, 0.1) is 15.5 Å². The number of allylic oxidation sites excluding steroid dienone is 1. The van der Waals surface area contributed by atoms with E-state index < -0.39 is 11.0 Å². The molecule has 2 aromatic carbocycles. The van der Waals surface area contributed by atoms with Crippen LogP contribution in [0.3, 0.4) is 0 Å². The number of fused-ring (bicyclic) bond motifs is 1. The zero-order valence-electron chi connectivity index (χ0n) is 18.9. The number of rotatable bonds is 4.